The molecule has 0 atom stereocenters. The average molecular weight is 390 g/mol. The Hall–Kier alpha value is -3.15. The third kappa shape index (κ3) is 4.31. The van der Waals surface area contributed by atoms with E-state index in [1.165, 1.54) is 6.42 Å². The summed E-state index contributed by atoms with van der Waals surface area (Å²) in [5.74, 6) is 1.40. The number of hydrogen-bond donors (Lipinski definition) is 1. The number of aromatic nitrogens is 3. The third-order valence-electron chi connectivity index (χ3n) is 5.34. The third-order valence-corrected chi connectivity index (χ3v) is 5.34. The lowest BCUT2D eigenvalue weighted by atomic mass is 9.95. The molecule has 1 heterocycles. The van der Waals surface area contributed by atoms with Crippen molar-refractivity contribution in [3.63, 3.8) is 0 Å². The number of hydrogen-bond acceptors (Lipinski definition) is 4. The van der Waals surface area contributed by atoms with Crippen LogP contribution < -0.4 is 10.1 Å². The quantitative estimate of drug-likeness (QED) is 0.705. The predicted octanol–water partition coefficient (Wildman–Crippen LogP) is 4.31. The first-order valence-corrected chi connectivity index (χ1v) is 10.1. The van der Waals surface area contributed by atoms with Crippen LogP contribution in [0.5, 0.6) is 5.75 Å². The van der Waals surface area contributed by atoms with E-state index in [1.807, 2.05) is 55.5 Å². The summed E-state index contributed by atoms with van der Waals surface area (Å²) < 4.78 is 6.98. The first-order chi connectivity index (χ1) is 14.1. The fourth-order valence-corrected chi connectivity index (χ4v) is 3.78. The highest BCUT2D eigenvalue weighted by Gasteiger charge is 2.22. The molecule has 0 unspecified atom stereocenters. The van der Waals surface area contributed by atoms with E-state index < -0.39 is 0 Å². The van der Waals surface area contributed by atoms with Gasteiger partial charge in [-0.1, -0.05) is 43.0 Å². The molecule has 3 aromatic rings. The molecule has 1 aliphatic rings. The van der Waals surface area contributed by atoms with E-state index >= 15 is 0 Å². The predicted molar refractivity (Wildman–Crippen MR) is 112 cm³/mol. The highest BCUT2D eigenvalue weighted by molar-refractivity contribution is 5.91. The van der Waals surface area contributed by atoms with Crippen LogP contribution in [0.25, 0.3) is 17.1 Å². The van der Waals surface area contributed by atoms with Gasteiger partial charge < -0.3 is 10.1 Å². The number of aryl methyl sites for hydroxylation is 1. The minimum absolute atomic E-state index is 0.197. The molecular weight excluding hydrogens is 364 g/mol. The van der Waals surface area contributed by atoms with Crippen LogP contribution in [0.4, 0.5) is 0 Å². The van der Waals surface area contributed by atoms with Crippen LogP contribution in [0.1, 0.15) is 48.3 Å². The lowest BCUT2D eigenvalue weighted by Gasteiger charge is -2.21. The minimum Gasteiger partial charge on any atom is -0.497 e. The fourth-order valence-electron chi connectivity index (χ4n) is 3.78. The van der Waals surface area contributed by atoms with Gasteiger partial charge in [0, 0.05) is 11.6 Å². The van der Waals surface area contributed by atoms with Crippen molar-refractivity contribution >= 4 is 5.91 Å². The topological polar surface area (TPSA) is 69.0 Å². The highest BCUT2D eigenvalue weighted by Crippen LogP contribution is 2.24. The number of carbonyl (C=O) groups excluding carboxylic acids is 1. The van der Waals surface area contributed by atoms with Gasteiger partial charge in [-0.15, -0.1) is 5.10 Å². The number of amides is 1. The Kier molecular flexibility index (Phi) is 5.60. The maximum absolute atomic E-state index is 12.8. The monoisotopic (exact) mass is 390 g/mol. The molecule has 2 aromatic carbocycles. The van der Waals surface area contributed by atoms with Gasteiger partial charge in [0.1, 0.15) is 5.75 Å². The number of ether oxygens (including phenoxy) is 1. The molecule has 1 amide bonds. The number of carbonyl (C=O) groups is 1. The minimum atomic E-state index is -0.210. The van der Waals surface area contributed by atoms with Gasteiger partial charge >= 0.3 is 0 Å². The summed E-state index contributed by atoms with van der Waals surface area (Å²) in [6, 6.07) is 15.8. The fraction of sp³-hybridized carbons (Fsp3) is 0.348. The van der Waals surface area contributed by atoms with Crippen molar-refractivity contribution in [3.05, 3.63) is 59.9 Å². The Morgan fingerprint density at radius 2 is 1.86 bits per heavy atom. The van der Waals surface area contributed by atoms with Crippen molar-refractivity contribution in [2.24, 2.45) is 0 Å². The van der Waals surface area contributed by atoms with Crippen molar-refractivity contribution in [1.82, 2.24) is 20.1 Å². The molecule has 6 heteroatoms. The molecule has 4 rings (SSSR count). The molecule has 1 N–H and O–H groups in total. The lowest BCUT2D eigenvalue weighted by Crippen LogP contribution is -2.36. The van der Waals surface area contributed by atoms with E-state index in [1.54, 1.807) is 11.8 Å². The van der Waals surface area contributed by atoms with Crippen LogP contribution in [0.15, 0.2) is 48.5 Å². The van der Waals surface area contributed by atoms with Crippen LogP contribution in [0, 0.1) is 6.92 Å². The summed E-state index contributed by atoms with van der Waals surface area (Å²) in [6.45, 7) is 2.04. The zero-order chi connectivity index (χ0) is 20.2. The summed E-state index contributed by atoms with van der Waals surface area (Å²) in [4.78, 5) is 17.5. The summed E-state index contributed by atoms with van der Waals surface area (Å²) in [7, 11) is 1.64. The number of benzene rings is 2. The Bertz CT molecular complexity index is 988. The van der Waals surface area contributed by atoms with Crippen LogP contribution in [0.2, 0.25) is 0 Å². The number of nitrogens with zero attached hydrogens (tertiary/aromatic N) is 3. The molecule has 0 saturated heterocycles. The average Bonchev–Trinajstić information content (AvgIpc) is 3.20. The molecule has 150 valence electrons. The zero-order valence-electron chi connectivity index (χ0n) is 16.9. The molecule has 6 nitrogen and oxygen atoms in total. The second kappa shape index (κ2) is 8.47. The van der Waals surface area contributed by atoms with E-state index in [4.69, 9.17) is 4.74 Å². The van der Waals surface area contributed by atoms with Crippen molar-refractivity contribution < 1.29 is 9.53 Å². The second-order valence-corrected chi connectivity index (χ2v) is 7.55. The Labute approximate surface area is 170 Å². The summed E-state index contributed by atoms with van der Waals surface area (Å²) in [5.41, 5.74) is 2.87. The van der Waals surface area contributed by atoms with Crippen LogP contribution in [-0.4, -0.2) is 33.8 Å². The van der Waals surface area contributed by atoms with Crippen LogP contribution in [0.3, 0.4) is 0 Å². The van der Waals surface area contributed by atoms with E-state index in [9.17, 15) is 4.79 Å². The van der Waals surface area contributed by atoms with Crippen molar-refractivity contribution in [3.8, 4) is 22.8 Å². The van der Waals surface area contributed by atoms with Crippen molar-refractivity contribution in [2.75, 3.05) is 7.11 Å². The molecule has 29 heavy (non-hydrogen) atoms. The molecule has 0 radical (unpaired) electrons. The number of methoxy groups -OCH3 is 1. The molecule has 0 spiro atoms. The van der Waals surface area contributed by atoms with E-state index in [2.05, 4.69) is 15.4 Å². The summed E-state index contributed by atoms with van der Waals surface area (Å²) in [5, 5.41) is 7.67. The normalized spacial score (nSPS) is 14.6. The van der Waals surface area contributed by atoms with E-state index in [0.717, 1.165) is 48.2 Å². The summed E-state index contributed by atoms with van der Waals surface area (Å²) >= 11 is 0. The number of nitrogens with one attached hydrogen (secondary N) is 1. The Balaban J connectivity index is 1.70. The van der Waals surface area contributed by atoms with Gasteiger partial charge in [0.15, 0.2) is 5.82 Å². The van der Waals surface area contributed by atoms with Crippen molar-refractivity contribution in [2.45, 2.75) is 45.1 Å². The van der Waals surface area contributed by atoms with Crippen molar-refractivity contribution in [1.29, 1.82) is 0 Å². The van der Waals surface area contributed by atoms with Gasteiger partial charge in [-0.25, -0.2) is 9.67 Å². The molecule has 0 aliphatic heterocycles. The first-order valence-electron chi connectivity index (χ1n) is 10.1. The summed E-state index contributed by atoms with van der Waals surface area (Å²) in [6.07, 6.45) is 5.61. The SMILES string of the molecule is COc1ccc(-n2nc(C(=O)NC3CCCCC3)nc2-c2cccc(C)c2)cc1. The maximum atomic E-state index is 12.8. The first kappa shape index (κ1) is 19.2. The molecule has 1 aromatic heterocycles. The smallest absolute Gasteiger partial charge is 0.291 e. The standard InChI is InChI=1S/C23H26N4O2/c1-16-7-6-8-17(15-16)22-25-21(23(28)24-18-9-4-3-5-10-18)26-27(22)19-11-13-20(29-2)14-12-19/h6-8,11-15,18H,3-5,9-10H2,1-2H3,(H,24,28). The maximum Gasteiger partial charge on any atom is 0.291 e. The van der Waals surface area contributed by atoms with Gasteiger partial charge in [0.2, 0.25) is 5.82 Å². The molecular formula is C23H26N4O2. The molecule has 1 fully saturated rings. The van der Waals surface area contributed by atoms with E-state index in [0.29, 0.717) is 5.82 Å². The highest BCUT2D eigenvalue weighted by atomic mass is 16.5. The molecule has 1 aliphatic carbocycles. The van der Waals surface area contributed by atoms with Gasteiger partial charge in [-0.05, 0) is 50.1 Å². The molecule has 0 bridgehead atoms. The van der Waals surface area contributed by atoms with Gasteiger partial charge in [0.25, 0.3) is 5.91 Å². The zero-order valence-corrected chi connectivity index (χ0v) is 16.9. The van der Waals surface area contributed by atoms with Gasteiger partial charge in [-0.2, -0.15) is 0 Å². The molecule has 1 saturated carbocycles. The van der Waals surface area contributed by atoms with E-state index in [-0.39, 0.29) is 17.8 Å². The van der Waals surface area contributed by atoms with Gasteiger partial charge in [0.05, 0.1) is 12.8 Å². The van der Waals surface area contributed by atoms with Gasteiger partial charge in [-0.3, -0.25) is 4.79 Å². The lowest BCUT2D eigenvalue weighted by molar-refractivity contribution is 0.0917. The van der Waals surface area contributed by atoms with Crippen LogP contribution >= 0.6 is 0 Å². The Morgan fingerprint density at radius 1 is 1.10 bits per heavy atom. The second-order valence-electron chi connectivity index (χ2n) is 7.55. The Morgan fingerprint density at radius 3 is 2.55 bits per heavy atom. The largest absolute Gasteiger partial charge is 0.497 e. The number of rotatable bonds is 5. The van der Waals surface area contributed by atoms with Crippen LogP contribution in [-0.2, 0) is 0 Å².